The molecule has 0 radical (unpaired) electrons. The Morgan fingerprint density at radius 3 is 2.90 bits per heavy atom. The van der Waals surface area contributed by atoms with Crippen LogP contribution in [0.25, 0.3) is 0 Å². The van der Waals surface area contributed by atoms with Crippen molar-refractivity contribution in [1.82, 2.24) is 15.1 Å². The molecule has 0 fully saturated rings. The zero-order valence-corrected chi connectivity index (χ0v) is 12.8. The summed E-state index contributed by atoms with van der Waals surface area (Å²) in [7, 11) is 2.12. The van der Waals surface area contributed by atoms with Crippen molar-refractivity contribution in [3.63, 3.8) is 0 Å². The standard InChI is InChI=1S/C16H22FN3O/c1-11(2)20-15-7-8-19(3)10-14(15)18-16(20)21-13-6-4-5-12(17)9-13/h4-6,9,11,16,18H,7-8,10H2,1-3H3. The first kappa shape index (κ1) is 14.2. The van der Waals surface area contributed by atoms with Gasteiger partial charge in [-0.15, -0.1) is 0 Å². The van der Waals surface area contributed by atoms with Gasteiger partial charge in [0.2, 0.25) is 0 Å². The zero-order valence-electron chi connectivity index (χ0n) is 12.8. The topological polar surface area (TPSA) is 27.7 Å². The number of nitrogens with zero attached hydrogens (tertiary/aromatic N) is 2. The normalized spacial score (nSPS) is 22.5. The van der Waals surface area contributed by atoms with Gasteiger partial charge in [-0.2, -0.15) is 0 Å². The Labute approximate surface area is 125 Å². The fraction of sp³-hybridized carbons (Fsp3) is 0.500. The maximum atomic E-state index is 13.3. The monoisotopic (exact) mass is 291 g/mol. The van der Waals surface area contributed by atoms with Crippen LogP contribution in [0, 0.1) is 5.82 Å². The lowest BCUT2D eigenvalue weighted by atomic mass is 10.1. The molecule has 0 bridgehead atoms. The van der Waals surface area contributed by atoms with E-state index in [0.717, 1.165) is 19.5 Å². The molecule has 1 aromatic rings. The molecular formula is C16H22FN3O. The Balaban J connectivity index is 1.80. The fourth-order valence-electron chi connectivity index (χ4n) is 3.00. The van der Waals surface area contributed by atoms with Gasteiger partial charge in [0.15, 0.2) is 0 Å². The molecule has 5 heteroatoms. The van der Waals surface area contributed by atoms with E-state index in [9.17, 15) is 4.39 Å². The second kappa shape index (κ2) is 5.56. The van der Waals surface area contributed by atoms with Gasteiger partial charge < -0.3 is 19.9 Å². The Kier molecular flexibility index (Phi) is 3.76. The largest absolute Gasteiger partial charge is 0.452 e. The van der Waals surface area contributed by atoms with Crippen LogP contribution in [-0.2, 0) is 0 Å². The number of nitrogens with one attached hydrogen (secondary N) is 1. The van der Waals surface area contributed by atoms with Crippen LogP contribution in [0.5, 0.6) is 5.75 Å². The van der Waals surface area contributed by atoms with Crippen LogP contribution in [-0.4, -0.2) is 42.3 Å². The third-order valence-corrected chi connectivity index (χ3v) is 3.97. The molecule has 0 aliphatic carbocycles. The molecule has 0 spiro atoms. The lowest BCUT2D eigenvalue weighted by Crippen LogP contribution is -2.45. The van der Waals surface area contributed by atoms with Crippen LogP contribution >= 0.6 is 0 Å². The van der Waals surface area contributed by atoms with E-state index < -0.39 is 0 Å². The smallest absolute Gasteiger partial charge is 0.250 e. The van der Waals surface area contributed by atoms with Crippen LogP contribution in [0.15, 0.2) is 35.7 Å². The van der Waals surface area contributed by atoms with E-state index in [2.05, 4.69) is 36.0 Å². The van der Waals surface area contributed by atoms with Crippen molar-refractivity contribution in [1.29, 1.82) is 0 Å². The molecule has 2 aliphatic rings. The third-order valence-electron chi connectivity index (χ3n) is 3.97. The Morgan fingerprint density at radius 1 is 1.38 bits per heavy atom. The van der Waals surface area contributed by atoms with Crippen molar-refractivity contribution < 1.29 is 9.13 Å². The molecule has 1 atom stereocenters. The molecule has 0 saturated carbocycles. The van der Waals surface area contributed by atoms with Gasteiger partial charge in [0, 0.05) is 43.0 Å². The molecule has 0 aromatic heterocycles. The number of likely N-dealkylation sites (N-methyl/N-ethyl adjacent to an activating group) is 1. The number of ether oxygens (including phenoxy) is 1. The summed E-state index contributed by atoms with van der Waals surface area (Å²) in [5.74, 6) is 0.269. The number of hydrogen-bond donors (Lipinski definition) is 1. The van der Waals surface area contributed by atoms with E-state index in [1.807, 2.05) is 0 Å². The van der Waals surface area contributed by atoms with E-state index >= 15 is 0 Å². The summed E-state index contributed by atoms with van der Waals surface area (Å²) in [6.45, 7) is 6.26. The van der Waals surface area contributed by atoms with Crippen LogP contribution < -0.4 is 10.1 Å². The summed E-state index contributed by atoms with van der Waals surface area (Å²) in [6.07, 6.45) is 0.753. The molecule has 2 aliphatic heterocycles. The number of benzene rings is 1. The average Bonchev–Trinajstić information content (AvgIpc) is 2.75. The predicted molar refractivity (Wildman–Crippen MR) is 80.1 cm³/mol. The summed E-state index contributed by atoms with van der Waals surface area (Å²) in [4.78, 5) is 4.54. The van der Waals surface area contributed by atoms with E-state index in [1.165, 1.54) is 23.5 Å². The van der Waals surface area contributed by atoms with Gasteiger partial charge in [-0.25, -0.2) is 4.39 Å². The van der Waals surface area contributed by atoms with Crippen molar-refractivity contribution >= 4 is 0 Å². The predicted octanol–water partition coefficient (Wildman–Crippen LogP) is 2.35. The molecule has 21 heavy (non-hydrogen) atoms. The van der Waals surface area contributed by atoms with Crippen molar-refractivity contribution in [2.24, 2.45) is 0 Å². The van der Waals surface area contributed by atoms with E-state index in [1.54, 1.807) is 12.1 Å². The second-order valence-corrected chi connectivity index (χ2v) is 5.99. The molecular weight excluding hydrogens is 269 g/mol. The van der Waals surface area contributed by atoms with Gasteiger partial charge in [-0.3, -0.25) is 0 Å². The van der Waals surface area contributed by atoms with Gasteiger partial charge in [-0.1, -0.05) is 6.07 Å². The van der Waals surface area contributed by atoms with Gasteiger partial charge in [-0.05, 0) is 33.0 Å². The lowest BCUT2D eigenvalue weighted by molar-refractivity contribution is 0.0293. The van der Waals surface area contributed by atoms with Crippen molar-refractivity contribution in [2.75, 3.05) is 20.1 Å². The Bertz CT molecular complexity index is 558. The molecule has 3 rings (SSSR count). The number of rotatable bonds is 3. The quantitative estimate of drug-likeness (QED) is 0.925. The Morgan fingerprint density at radius 2 is 2.19 bits per heavy atom. The zero-order chi connectivity index (χ0) is 15.0. The van der Waals surface area contributed by atoms with E-state index in [0.29, 0.717) is 11.8 Å². The van der Waals surface area contributed by atoms with Crippen LogP contribution in [0.3, 0.4) is 0 Å². The highest BCUT2D eigenvalue weighted by atomic mass is 19.1. The minimum absolute atomic E-state index is 0.261. The Hall–Kier alpha value is -1.75. The van der Waals surface area contributed by atoms with Crippen molar-refractivity contribution in [3.05, 3.63) is 41.5 Å². The first-order valence-corrected chi connectivity index (χ1v) is 7.42. The molecule has 1 N–H and O–H groups in total. The van der Waals surface area contributed by atoms with Crippen LogP contribution in [0.1, 0.15) is 20.3 Å². The number of halogens is 1. The SMILES string of the molecule is CC(C)N1C2=C(CN(C)CC2)NC1Oc1cccc(F)c1. The van der Waals surface area contributed by atoms with Crippen molar-refractivity contribution in [3.8, 4) is 5.75 Å². The highest BCUT2D eigenvalue weighted by Crippen LogP contribution is 2.30. The fourth-order valence-corrected chi connectivity index (χ4v) is 3.00. The second-order valence-electron chi connectivity index (χ2n) is 5.99. The maximum Gasteiger partial charge on any atom is 0.250 e. The minimum atomic E-state index is -0.279. The molecule has 0 amide bonds. The summed E-state index contributed by atoms with van der Waals surface area (Å²) >= 11 is 0. The molecule has 2 heterocycles. The summed E-state index contributed by atoms with van der Waals surface area (Å²) in [6, 6.07) is 6.62. The van der Waals surface area contributed by atoms with Gasteiger partial charge in [0.1, 0.15) is 11.6 Å². The highest BCUT2D eigenvalue weighted by molar-refractivity contribution is 5.26. The average molecular weight is 291 g/mol. The third kappa shape index (κ3) is 2.83. The first-order valence-electron chi connectivity index (χ1n) is 7.42. The van der Waals surface area contributed by atoms with Gasteiger partial charge in [0.05, 0.1) is 0 Å². The van der Waals surface area contributed by atoms with Crippen LogP contribution in [0.2, 0.25) is 0 Å². The molecule has 1 unspecified atom stereocenters. The maximum absolute atomic E-state index is 13.3. The van der Waals surface area contributed by atoms with E-state index in [4.69, 9.17) is 4.74 Å². The highest BCUT2D eigenvalue weighted by Gasteiger charge is 2.36. The molecule has 1 aromatic carbocycles. The van der Waals surface area contributed by atoms with E-state index in [-0.39, 0.29) is 12.2 Å². The number of hydrogen-bond acceptors (Lipinski definition) is 4. The van der Waals surface area contributed by atoms with Crippen LogP contribution in [0.4, 0.5) is 4.39 Å². The van der Waals surface area contributed by atoms with Crippen molar-refractivity contribution in [2.45, 2.75) is 32.7 Å². The molecule has 0 saturated heterocycles. The van der Waals surface area contributed by atoms with Gasteiger partial charge in [0.25, 0.3) is 6.35 Å². The molecule has 114 valence electrons. The summed E-state index contributed by atoms with van der Waals surface area (Å²) < 4.78 is 19.3. The lowest BCUT2D eigenvalue weighted by Gasteiger charge is -2.33. The first-order chi connectivity index (χ1) is 10.0. The summed E-state index contributed by atoms with van der Waals surface area (Å²) in [5.41, 5.74) is 2.54. The van der Waals surface area contributed by atoms with Gasteiger partial charge >= 0.3 is 0 Å². The molecule has 4 nitrogen and oxygen atoms in total. The summed E-state index contributed by atoms with van der Waals surface area (Å²) in [5, 5.41) is 3.44. The minimum Gasteiger partial charge on any atom is -0.452 e.